The maximum absolute atomic E-state index is 13.7. The fraction of sp³-hybridized carbons (Fsp3) is 0.0833. The van der Waals surface area contributed by atoms with Crippen LogP contribution in [-0.2, 0) is 16.9 Å². The lowest BCUT2D eigenvalue weighted by Crippen LogP contribution is -2.45. The van der Waals surface area contributed by atoms with Crippen LogP contribution >= 0.6 is 11.6 Å². The summed E-state index contributed by atoms with van der Waals surface area (Å²) in [6, 6.07) is 24.8. The zero-order chi connectivity index (χ0) is 22.1. The number of carbonyl (C=O) groups is 2. The minimum atomic E-state index is -1.33. The number of nitrogens with one attached hydrogen (secondary N) is 1. The summed E-state index contributed by atoms with van der Waals surface area (Å²) in [7, 11) is 0. The van der Waals surface area contributed by atoms with E-state index in [1.54, 1.807) is 24.3 Å². The molecule has 5 rings (SSSR count). The number of hydrogen-bond donors (Lipinski definition) is 1. The van der Waals surface area contributed by atoms with Crippen LogP contribution in [-0.4, -0.2) is 27.0 Å². The Morgan fingerprint density at radius 2 is 1.47 bits per heavy atom. The third-order valence-corrected chi connectivity index (χ3v) is 5.63. The molecular weight excluding hydrogens is 428 g/mol. The lowest BCUT2D eigenvalue weighted by molar-refractivity contribution is -0.130. The van der Waals surface area contributed by atoms with Gasteiger partial charge < -0.3 is 9.84 Å². The monoisotopic (exact) mass is 444 g/mol. The van der Waals surface area contributed by atoms with E-state index in [-0.39, 0.29) is 12.4 Å². The molecule has 4 aromatic rings. The van der Waals surface area contributed by atoms with Gasteiger partial charge in [-0.05, 0) is 35.4 Å². The zero-order valence-electron chi connectivity index (χ0n) is 16.7. The predicted octanol–water partition coefficient (Wildman–Crippen LogP) is 4.39. The van der Waals surface area contributed by atoms with Crippen molar-refractivity contribution in [1.82, 2.24) is 20.4 Å². The van der Waals surface area contributed by atoms with E-state index in [2.05, 4.69) is 15.5 Å². The number of imide groups is 1. The standard InChI is InChI=1S/C24H17ClN4O3/c25-19-13-11-16(12-14-19)21-26-20(32-28-21)15-29-22(30)24(27-23(29)31,17-7-3-1-4-8-17)18-9-5-2-6-10-18/h1-14H,15H2,(H,27,31). The topological polar surface area (TPSA) is 88.3 Å². The van der Waals surface area contributed by atoms with Gasteiger partial charge in [-0.3, -0.25) is 9.69 Å². The fourth-order valence-electron chi connectivity index (χ4n) is 3.82. The van der Waals surface area contributed by atoms with Crippen molar-refractivity contribution in [2.75, 3.05) is 0 Å². The van der Waals surface area contributed by atoms with E-state index in [4.69, 9.17) is 16.1 Å². The van der Waals surface area contributed by atoms with Gasteiger partial charge in [0.1, 0.15) is 6.54 Å². The highest BCUT2D eigenvalue weighted by Crippen LogP contribution is 2.36. The molecule has 1 aromatic heterocycles. The number of hydrogen-bond acceptors (Lipinski definition) is 5. The highest BCUT2D eigenvalue weighted by atomic mass is 35.5. The number of halogens is 1. The molecule has 0 unspecified atom stereocenters. The molecule has 32 heavy (non-hydrogen) atoms. The quantitative estimate of drug-likeness (QED) is 0.461. The minimum absolute atomic E-state index is 0.146. The molecule has 8 heteroatoms. The van der Waals surface area contributed by atoms with Gasteiger partial charge in [-0.2, -0.15) is 4.98 Å². The Balaban J connectivity index is 1.48. The predicted molar refractivity (Wildman–Crippen MR) is 117 cm³/mol. The first-order valence-electron chi connectivity index (χ1n) is 9.91. The van der Waals surface area contributed by atoms with Gasteiger partial charge in [0.2, 0.25) is 11.7 Å². The van der Waals surface area contributed by atoms with Crippen molar-refractivity contribution < 1.29 is 14.1 Å². The maximum Gasteiger partial charge on any atom is 0.326 e. The van der Waals surface area contributed by atoms with Crippen LogP contribution in [0.25, 0.3) is 11.4 Å². The summed E-state index contributed by atoms with van der Waals surface area (Å²) in [5.74, 6) is 0.0858. The summed E-state index contributed by atoms with van der Waals surface area (Å²) in [5.41, 5.74) is 0.710. The highest BCUT2D eigenvalue weighted by molar-refractivity contribution is 6.30. The normalized spacial score (nSPS) is 15.1. The molecular formula is C24H17ClN4O3. The largest absolute Gasteiger partial charge is 0.337 e. The Morgan fingerprint density at radius 3 is 2.06 bits per heavy atom. The van der Waals surface area contributed by atoms with Crippen LogP contribution in [0, 0.1) is 0 Å². The molecule has 3 aromatic carbocycles. The Hall–Kier alpha value is -3.97. The van der Waals surface area contributed by atoms with Gasteiger partial charge in [-0.1, -0.05) is 77.4 Å². The number of rotatable bonds is 5. The first-order valence-corrected chi connectivity index (χ1v) is 10.3. The number of amides is 3. The number of aromatic nitrogens is 2. The van der Waals surface area contributed by atoms with Gasteiger partial charge >= 0.3 is 6.03 Å². The van der Waals surface area contributed by atoms with E-state index in [9.17, 15) is 9.59 Å². The average Bonchev–Trinajstić information content (AvgIpc) is 3.40. The van der Waals surface area contributed by atoms with Gasteiger partial charge in [-0.25, -0.2) is 4.79 Å². The molecule has 0 saturated carbocycles. The lowest BCUT2D eigenvalue weighted by Gasteiger charge is -2.27. The van der Waals surface area contributed by atoms with Crippen LogP contribution in [0.4, 0.5) is 4.79 Å². The first kappa shape index (κ1) is 20.0. The highest BCUT2D eigenvalue weighted by Gasteiger charge is 2.54. The van der Waals surface area contributed by atoms with Crippen LogP contribution < -0.4 is 5.32 Å². The Bertz CT molecular complexity index is 1230. The average molecular weight is 445 g/mol. The van der Waals surface area contributed by atoms with E-state index < -0.39 is 17.5 Å². The van der Waals surface area contributed by atoms with E-state index in [1.165, 1.54) is 0 Å². The number of urea groups is 1. The van der Waals surface area contributed by atoms with E-state index >= 15 is 0 Å². The van der Waals surface area contributed by atoms with Crippen molar-refractivity contribution in [3.05, 3.63) is 107 Å². The van der Waals surface area contributed by atoms with Crippen molar-refractivity contribution in [3.8, 4) is 11.4 Å². The Morgan fingerprint density at radius 1 is 0.875 bits per heavy atom. The number of carbonyl (C=O) groups excluding carboxylic acids is 2. The summed E-state index contributed by atoms with van der Waals surface area (Å²) in [5, 5.41) is 7.45. The SMILES string of the molecule is O=C1NC(c2ccccc2)(c2ccccc2)C(=O)N1Cc1nc(-c2ccc(Cl)cc2)no1. The zero-order valence-corrected chi connectivity index (χ0v) is 17.5. The van der Waals surface area contributed by atoms with Crippen LogP contribution in [0.5, 0.6) is 0 Å². The van der Waals surface area contributed by atoms with Crippen LogP contribution in [0.3, 0.4) is 0 Å². The maximum atomic E-state index is 13.7. The molecule has 1 saturated heterocycles. The van der Waals surface area contributed by atoms with Gasteiger partial charge in [0, 0.05) is 10.6 Å². The molecule has 1 fully saturated rings. The minimum Gasteiger partial charge on any atom is -0.337 e. The second-order valence-electron chi connectivity index (χ2n) is 7.32. The van der Waals surface area contributed by atoms with Crippen molar-refractivity contribution in [2.24, 2.45) is 0 Å². The third kappa shape index (κ3) is 3.33. The molecule has 0 atom stereocenters. The molecule has 1 aliphatic rings. The van der Waals surface area contributed by atoms with E-state index in [1.807, 2.05) is 60.7 Å². The number of benzene rings is 3. The molecule has 7 nitrogen and oxygen atoms in total. The Labute approximate surface area is 188 Å². The van der Waals surface area contributed by atoms with Gasteiger partial charge in [-0.15, -0.1) is 0 Å². The summed E-state index contributed by atoms with van der Waals surface area (Å²) >= 11 is 5.92. The van der Waals surface area contributed by atoms with E-state index in [0.29, 0.717) is 27.5 Å². The van der Waals surface area contributed by atoms with Crippen molar-refractivity contribution >= 4 is 23.5 Å². The number of nitrogens with zero attached hydrogens (tertiary/aromatic N) is 3. The Kier molecular flexibility index (Phi) is 4.95. The second-order valence-corrected chi connectivity index (χ2v) is 7.76. The van der Waals surface area contributed by atoms with Crippen LogP contribution in [0.1, 0.15) is 17.0 Å². The van der Waals surface area contributed by atoms with Crippen LogP contribution in [0.2, 0.25) is 5.02 Å². The van der Waals surface area contributed by atoms with Gasteiger partial charge in [0.25, 0.3) is 5.91 Å². The summed E-state index contributed by atoms with van der Waals surface area (Å²) in [6.07, 6.45) is 0. The third-order valence-electron chi connectivity index (χ3n) is 5.38. The molecule has 2 heterocycles. The molecule has 1 aliphatic heterocycles. The van der Waals surface area contributed by atoms with Crippen molar-refractivity contribution in [2.45, 2.75) is 12.1 Å². The fourth-order valence-corrected chi connectivity index (χ4v) is 3.95. The molecule has 1 N–H and O–H groups in total. The van der Waals surface area contributed by atoms with Gasteiger partial charge in [0.15, 0.2) is 5.54 Å². The lowest BCUT2D eigenvalue weighted by atomic mass is 9.82. The molecule has 0 bridgehead atoms. The van der Waals surface area contributed by atoms with E-state index in [0.717, 1.165) is 4.90 Å². The van der Waals surface area contributed by atoms with Gasteiger partial charge in [0.05, 0.1) is 0 Å². The summed E-state index contributed by atoms with van der Waals surface area (Å²) in [6.45, 7) is -0.146. The molecule has 0 radical (unpaired) electrons. The van der Waals surface area contributed by atoms with Crippen molar-refractivity contribution in [3.63, 3.8) is 0 Å². The smallest absolute Gasteiger partial charge is 0.326 e. The summed E-state index contributed by atoms with van der Waals surface area (Å²) in [4.78, 5) is 32.1. The summed E-state index contributed by atoms with van der Waals surface area (Å²) < 4.78 is 5.32. The molecule has 0 spiro atoms. The second kappa shape index (κ2) is 7.94. The van der Waals surface area contributed by atoms with Crippen molar-refractivity contribution in [1.29, 1.82) is 0 Å². The van der Waals surface area contributed by atoms with Crippen LogP contribution in [0.15, 0.2) is 89.5 Å². The molecule has 3 amide bonds. The molecule has 0 aliphatic carbocycles. The first-order chi connectivity index (χ1) is 15.6. The molecule has 158 valence electrons.